The van der Waals surface area contributed by atoms with Gasteiger partial charge in [0.15, 0.2) is 0 Å². The van der Waals surface area contributed by atoms with Gasteiger partial charge in [0.05, 0.1) is 0 Å². The summed E-state index contributed by atoms with van der Waals surface area (Å²) in [6, 6.07) is 35.3. The van der Waals surface area contributed by atoms with E-state index in [4.69, 9.17) is 18.9 Å². The Hall–Kier alpha value is -4.92. The molecule has 4 aromatic rings. The average molecular weight is 686 g/mol. The van der Waals surface area contributed by atoms with Crippen molar-refractivity contribution < 1.29 is 42.7 Å². The molecule has 256 valence electrons. The summed E-state index contributed by atoms with van der Waals surface area (Å²) in [7, 11) is -2.44. The Morgan fingerprint density at radius 2 is 1.24 bits per heavy atom. The Balaban J connectivity index is 1.34. The minimum atomic E-state index is -2.44. The maximum absolute atomic E-state index is 13.5. The summed E-state index contributed by atoms with van der Waals surface area (Å²) >= 11 is 0. The van der Waals surface area contributed by atoms with E-state index in [1.807, 2.05) is 18.2 Å². The summed E-state index contributed by atoms with van der Waals surface area (Å²) in [5, 5.41) is 7.00. The third kappa shape index (κ3) is 8.57. The van der Waals surface area contributed by atoms with Crippen LogP contribution in [0.4, 0.5) is 0 Å². The zero-order valence-electron chi connectivity index (χ0n) is 27.8. The first-order chi connectivity index (χ1) is 23.7. The van der Waals surface area contributed by atoms with E-state index in [1.54, 1.807) is 29.1 Å². The molecule has 1 saturated heterocycles. The number of esters is 3. The van der Waals surface area contributed by atoms with E-state index >= 15 is 0 Å². The fourth-order valence-electron chi connectivity index (χ4n) is 6.48. The molecule has 0 radical (unpaired) electrons. The van der Waals surface area contributed by atoms with Gasteiger partial charge in [-0.3, -0.25) is 14.4 Å². The number of rotatable bonds is 13. The van der Waals surface area contributed by atoms with Crippen LogP contribution in [0.1, 0.15) is 43.8 Å². The standard InChI is InChI=1S/C38H41N2O8P/c1-27(41)45-26-34-35(46-28(2)42)36(47-29(3)43)38(48-34)40-23-13-15-30(25-40)37(44)39-22-14-24-49(31-16-7-4-8-17-31,32-18-9-5-10-19-32)33-20-11-6-12-21-33/h4-13,15-21,23,25,34-36,38,49H,14,22,24,26H2,1-3H3/p+1/t34-,35-,36-,38-/m1/s1. The number of aromatic nitrogens is 1. The minimum Gasteiger partial charge on any atom is -0.253 e. The van der Waals surface area contributed by atoms with Crippen LogP contribution in [0.3, 0.4) is 0 Å². The fraction of sp³-hybridized carbons (Fsp3) is 0.289. The van der Waals surface area contributed by atoms with E-state index < -0.39 is 49.7 Å². The van der Waals surface area contributed by atoms with Gasteiger partial charge in [0.1, 0.15) is 0 Å². The third-order valence-electron chi connectivity index (χ3n) is 8.53. The van der Waals surface area contributed by atoms with E-state index in [-0.39, 0.29) is 12.5 Å². The molecular weight excluding hydrogens is 643 g/mol. The van der Waals surface area contributed by atoms with Crippen molar-refractivity contribution in [2.75, 3.05) is 19.3 Å². The number of hydrogen-bond acceptors (Lipinski definition) is 8. The number of nitrogens with zero attached hydrogens (tertiary/aromatic N) is 1. The van der Waals surface area contributed by atoms with Crippen molar-refractivity contribution >= 4 is 47.0 Å². The number of carbonyl (C=O) groups is 4. The van der Waals surface area contributed by atoms with E-state index in [0.29, 0.717) is 12.1 Å². The van der Waals surface area contributed by atoms with E-state index in [1.165, 1.54) is 36.7 Å². The molecule has 1 aromatic heterocycles. The number of ether oxygens (including phenoxy) is 4. The number of hydrogen-bond donors (Lipinski definition) is 1. The third-order valence-corrected chi connectivity index (χ3v) is 13.6. The first kappa shape index (κ1) is 35.4. The number of nitrogens with one attached hydrogen (secondary N) is 1. The Morgan fingerprint density at radius 1 is 0.714 bits per heavy atom. The molecule has 4 atom stereocenters. The molecular formula is C38H42N2O8P+. The molecule has 0 spiro atoms. The molecule has 0 unspecified atom stereocenters. The smallest absolute Gasteiger partial charge is 0.253 e. The topological polar surface area (TPSA) is 121 Å². The second-order valence-electron chi connectivity index (χ2n) is 11.9. The van der Waals surface area contributed by atoms with Crippen LogP contribution in [-0.4, -0.2) is 61.4 Å². The second kappa shape index (κ2) is 16.5. The number of pyridine rings is 1. The molecule has 1 N–H and O–H groups in total. The van der Waals surface area contributed by atoms with Gasteiger partial charge in [-0.15, -0.1) is 0 Å². The maximum atomic E-state index is 13.5. The first-order valence-corrected chi connectivity index (χ1v) is 18.5. The average Bonchev–Trinajstić information content (AvgIpc) is 3.43. The molecule has 0 aliphatic carbocycles. The Kier molecular flexibility index (Phi) is 11.9. The van der Waals surface area contributed by atoms with Gasteiger partial charge in [-0.2, -0.15) is 0 Å². The van der Waals surface area contributed by atoms with Crippen molar-refractivity contribution in [1.29, 1.82) is 0 Å². The normalized spacial score (nSPS) is 19.0. The SMILES string of the molecule is CC(=O)OC[C@H]1O[C@@H]([n+]2cccc(C(=O)NCCC[PH](c3ccccc3)(c3ccccc3)c3ccccc3)c2)[C@H](OC(C)=O)[C@@H]1OC(C)=O. The van der Waals surface area contributed by atoms with Gasteiger partial charge in [0.25, 0.3) is 0 Å². The van der Waals surface area contributed by atoms with Crippen LogP contribution in [0.25, 0.3) is 0 Å². The van der Waals surface area contributed by atoms with Crippen molar-refractivity contribution in [3.8, 4) is 0 Å². The molecule has 1 aliphatic heterocycles. The molecule has 2 heterocycles. The molecule has 11 heteroatoms. The predicted molar refractivity (Wildman–Crippen MR) is 187 cm³/mol. The van der Waals surface area contributed by atoms with Crippen LogP contribution < -0.4 is 25.8 Å². The fourth-order valence-corrected chi connectivity index (χ4v) is 11.3. The summed E-state index contributed by atoms with van der Waals surface area (Å²) in [5.41, 5.74) is 0.359. The Bertz CT molecular complexity index is 1640. The predicted octanol–water partition coefficient (Wildman–Crippen LogP) is 3.14. The number of carbonyl (C=O) groups excluding carboxylic acids is 4. The summed E-state index contributed by atoms with van der Waals surface area (Å²) in [6.45, 7) is 3.94. The van der Waals surface area contributed by atoms with Gasteiger partial charge in [-0.25, -0.2) is 0 Å². The van der Waals surface area contributed by atoms with Gasteiger partial charge in [-0.1, -0.05) is 0 Å². The first-order valence-electron chi connectivity index (χ1n) is 16.3. The molecule has 0 saturated carbocycles. The summed E-state index contributed by atoms with van der Waals surface area (Å²) in [6.07, 6.45) is 0.901. The molecule has 49 heavy (non-hydrogen) atoms. The van der Waals surface area contributed by atoms with Crippen LogP contribution >= 0.6 is 7.26 Å². The van der Waals surface area contributed by atoms with Gasteiger partial charge in [0.2, 0.25) is 0 Å². The van der Waals surface area contributed by atoms with E-state index in [9.17, 15) is 19.2 Å². The van der Waals surface area contributed by atoms with Crippen LogP contribution in [0.2, 0.25) is 0 Å². The van der Waals surface area contributed by atoms with Crippen LogP contribution in [0, 0.1) is 0 Å². The van der Waals surface area contributed by atoms with Crippen molar-refractivity contribution in [3.63, 3.8) is 0 Å². The quantitative estimate of drug-likeness (QED) is 0.0750. The van der Waals surface area contributed by atoms with E-state index in [0.717, 1.165) is 12.6 Å². The van der Waals surface area contributed by atoms with Crippen molar-refractivity contribution in [2.45, 2.75) is 51.7 Å². The summed E-state index contributed by atoms with van der Waals surface area (Å²) in [5.74, 6) is -2.05. The van der Waals surface area contributed by atoms with Gasteiger partial charge < -0.3 is 4.74 Å². The molecule has 1 fully saturated rings. The summed E-state index contributed by atoms with van der Waals surface area (Å²) in [4.78, 5) is 49.0. The van der Waals surface area contributed by atoms with Gasteiger partial charge in [-0.05, 0) is 0 Å². The molecule has 1 aliphatic rings. The van der Waals surface area contributed by atoms with E-state index in [2.05, 4.69) is 78.1 Å². The van der Waals surface area contributed by atoms with Crippen molar-refractivity contribution in [1.82, 2.24) is 5.32 Å². The van der Waals surface area contributed by atoms with Crippen molar-refractivity contribution in [2.24, 2.45) is 0 Å². The minimum absolute atomic E-state index is 0.220. The molecule has 0 bridgehead atoms. The van der Waals surface area contributed by atoms with Crippen LogP contribution in [0.5, 0.6) is 0 Å². The molecule has 5 rings (SSSR count). The zero-order chi connectivity index (χ0) is 34.8. The molecule has 3 aromatic carbocycles. The molecule has 10 nitrogen and oxygen atoms in total. The zero-order valence-corrected chi connectivity index (χ0v) is 28.8. The van der Waals surface area contributed by atoms with Crippen LogP contribution in [-0.2, 0) is 33.3 Å². The van der Waals surface area contributed by atoms with Gasteiger partial charge in [0, 0.05) is 20.8 Å². The van der Waals surface area contributed by atoms with Gasteiger partial charge >= 0.3 is 247 Å². The monoisotopic (exact) mass is 685 g/mol. The molecule has 1 amide bonds. The van der Waals surface area contributed by atoms with Crippen molar-refractivity contribution in [3.05, 3.63) is 121 Å². The number of benzene rings is 3. The Morgan fingerprint density at radius 3 is 1.76 bits per heavy atom. The second-order valence-corrected chi connectivity index (χ2v) is 16.0. The number of amides is 1. The summed E-state index contributed by atoms with van der Waals surface area (Å²) < 4.78 is 23.9. The Labute approximate surface area is 286 Å². The van der Waals surface area contributed by atoms with Crippen LogP contribution in [0.15, 0.2) is 116 Å².